The SMILES string of the molecule is Cc1ccc(C(N)C(=O)N2CCC[C@H]3CCCC[C@H]32)cc1. The first-order chi connectivity index (χ1) is 10.2. The lowest BCUT2D eigenvalue weighted by Crippen LogP contribution is -2.52. The van der Waals surface area contributed by atoms with Crippen LogP contribution in [0.15, 0.2) is 24.3 Å². The Morgan fingerprint density at radius 3 is 2.57 bits per heavy atom. The molecule has 21 heavy (non-hydrogen) atoms. The van der Waals surface area contributed by atoms with E-state index < -0.39 is 6.04 Å². The lowest BCUT2D eigenvalue weighted by Gasteiger charge is -2.45. The monoisotopic (exact) mass is 286 g/mol. The first-order valence-electron chi connectivity index (χ1n) is 8.29. The fraction of sp³-hybridized carbons (Fsp3) is 0.611. The molecule has 3 heteroatoms. The summed E-state index contributed by atoms with van der Waals surface area (Å²) >= 11 is 0. The van der Waals surface area contributed by atoms with Gasteiger partial charge in [-0.15, -0.1) is 0 Å². The normalized spacial score (nSPS) is 27.0. The maximum atomic E-state index is 12.8. The zero-order chi connectivity index (χ0) is 14.8. The van der Waals surface area contributed by atoms with Crippen molar-refractivity contribution in [1.82, 2.24) is 4.90 Å². The van der Waals surface area contributed by atoms with E-state index in [0.29, 0.717) is 12.0 Å². The molecule has 1 amide bonds. The number of fused-ring (bicyclic) bond motifs is 1. The number of hydrogen-bond donors (Lipinski definition) is 1. The van der Waals surface area contributed by atoms with Crippen LogP contribution < -0.4 is 5.73 Å². The Kier molecular flexibility index (Phi) is 4.29. The average molecular weight is 286 g/mol. The van der Waals surface area contributed by atoms with Gasteiger partial charge in [-0.25, -0.2) is 0 Å². The summed E-state index contributed by atoms with van der Waals surface area (Å²) in [6.45, 7) is 2.94. The molecule has 3 rings (SSSR count). The predicted octanol–water partition coefficient (Wildman–Crippen LogP) is 3.18. The van der Waals surface area contributed by atoms with E-state index in [1.807, 2.05) is 31.2 Å². The quantitative estimate of drug-likeness (QED) is 0.907. The van der Waals surface area contributed by atoms with Crippen molar-refractivity contribution >= 4 is 5.91 Å². The number of nitrogens with zero attached hydrogens (tertiary/aromatic N) is 1. The minimum Gasteiger partial charge on any atom is -0.338 e. The third-order valence-electron chi connectivity index (χ3n) is 5.23. The molecule has 0 bridgehead atoms. The molecular weight excluding hydrogens is 260 g/mol. The zero-order valence-electron chi connectivity index (χ0n) is 12.9. The first kappa shape index (κ1) is 14.6. The Morgan fingerprint density at radius 1 is 1.14 bits per heavy atom. The van der Waals surface area contributed by atoms with Crippen molar-refractivity contribution in [2.75, 3.05) is 6.54 Å². The number of aryl methyl sites for hydroxylation is 1. The van der Waals surface area contributed by atoms with Crippen molar-refractivity contribution in [3.8, 4) is 0 Å². The summed E-state index contributed by atoms with van der Waals surface area (Å²) in [7, 11) is 0. The minimum atomic E-state index is -0.508. The molecule has 3 nitrogen and oxygen atoms in total. The molecule has 1 aliphatic heterocycles. The van der Waals surface area contributed by atoms with E-state index in [2.05, 4.69) is 4.90 Å². The van der Waals surface area contributed by atoms with Crippen molar-refractivity contribution < 1.29 is 4.79 Å². The summed E-state index contributed by atoms with van der Waals surface area (Å²) in [6, 6.07) is 7.97. The van der Waals surface area contributed by atoms with Crippen molar-refractivity contribution in [3.63, 3.8) is 0 Å². The molecule has 1 aliphatic carbocycles. The fourth-order valence-electron chi connectivity index (χ4n) is 3.99. The molecule has 0 spiro atoms. The molecule has 1 heterocycles. The standard InChI is InChI=1S/C18H26N2O/c1-13-8-10-15(11-9-13)17(19)18(21)20-12-4-6-14-5-2-3-7-16(14)20/h8-11,14,16-17H,2-7,12,19H2,1H3/t14-,16-,17?/m1/s1. The number of benzene rings is 1. The lowest BCUT2D eigenvalue weighted by molar-refractivity contribution is -0.139. The number of amides is 1. The van der Waals surface area contributed by atoms with Gasteiger partial charge in [-0.1, -0.05) is 42.7 Å². The number of carbonyl (C=O) groups is 1. The number of piperidine rings is 1. The van der Waals surface area contributed by atoms with Gasteiger partial charge in [-0.2, -0.15) is 0 Å². The Hall–Kier alpha value is -1.35. The number of hydrogen-bond acceptors (Lipinski definition) is 2. The summed E-state index contributed by atoms with van der Waals surface area (Å²) in [4.78, 5) is 14.9. The predicted molar refractivity (Wildman–Crippen MR) is 84.8 cm³/mol. The maximum absolute atomic E-state index is 12.8. The molecule has 2 aliphatic rings. The summed E-state index contributed by atoms with van der Waals surface area (Å²) < 4.78 is 0. The third kappa shape index (κ3) is 2.98. The van der Waals surface area contributed by atoms with E-state index in [-0.39, 0.29) is 5.91 Å². The van der Waals surface area contributed by atoms with Crippen molar-refractivity contribution in [3.05, 3.63) is 35.4 Å². The van der Waals surface area contributed by atoms with Gasteiger partial charge in [0, 0.05) is 12.6 Å². The van der Waals surface area contributed by atoms with Crippen LogP contribution in [0, 0.1) is 12.8 Å². The van der Waals surface area contributed by atoms with Gasteiger partial charge in [-0.3, -0.25) is 4.79 Å². The first-order valence-corrected chi connectivity index (χ1v) is 8.29. The second-order valence-corrected chi connectivity index (χ2v) is 6.67. The van der Waals surface area contributed by atoms with E-state index in [0.717, 1.165) is 24.9 Å². The van der Waals surface area contributed by atoms with Gasteiger partial charge in [-0.05, 0) is 44.1 Å². The molecule has 0 aromatic heterocycles. The maximum Gasteiger partial charge on any atom is 0.244 e. The molecular formula is C18H26N2O. The molecule has 3 atom stereocenters. The van der Waals surface area contributed by atoms with E-state index in [1.165, 1.54) is 31.2 Å². The van der Waals surface area contributed by atoms with Gasteiger partial charge in [0.1, 0.15) is 6.04 Å². The van der Waals surface area contributed by atoms with Crippen LogP contribution in [-0.2, 0) is 4.79 Å². The van der Waals surface area contributed by atoms with Crippen LogP contribution in [0.2, 0.25) is 0 Å². The molecule has 2 N–H and O–H groups in total. The molecule has 0 radical (unpaired) electrons. The highest BCUT2D eigenvalue weighted by Gasteiger charge is 2.37. The van der Waals surface area contributed by atoms with Gasteiger partial charge in [0.2, 0.25) is 5.91 Å². The Labute approximate surface area is 127 Å². The summed E-state index contributed by atoms with van der Waals surface area (Å²) in [6.07, 6.45) is 7.45. The van der Waals surface area contributed by atoms with Gasteiger partial charge >= 0.3 is 0 Å². The highest BCUT2D eigenvalue weighted by atomic mass is 16.2. The van der Waals surface area contributed by atoms with Gasteiger partial charge in [0.25, 0.3) is 0 Å². The second-order valence-electron chi connectivity index (χ2n) is 6.67. The Bertz CT molecular complexity index is 494. The molecule has 1 saturated carbocycles. The third-order valence-corrected chi connectivity index (χ3v) is 5.23. The van der Waals surface area contributed by atoms with Gasteiger partial charge in [0.15, 0.2) is 0 Å². The van der Waals surface area contributed by atoms with Crippen molar-refractivity contribution in [1.29, 1.82) is 0 Å². The summed E-state index contributed by atoms with van der Waals surface area (Å²) in [5, 5.41) is 0. The van der Waals surface area contributed by atoms with Crippen LogP contribution in [0.4, 0.5) is 0 Å². The summed E-state index contributed by atoms with van der Waals surface area (Å²) in [5.41, 5.74) is 8.38. The molecule has 2 fully saturated rings. The number of nitrogens with two attached hydrogens (primary N) is 1. The van der Waals surface area contributed by atoms with Crippen LogP contribution in [-0.4, -0.2) is 23.4 Å². The van der Waals surface area contributed by atoms with Crippen LogP contribution in [0.1, 0.15) is 55.7 Å². The highest BCUT2D eigenvalue weighted by Crippen LogP contribution is 2.36. The second kappa shape index (κ2) is 6.18. The van der Waals surface area contributed by atoms with Crippen LogP contribution in [0.3, 0.4) is 0 Å². The number of rotatable bonds is 2. The molecule has 1 aromatic rings. The van der Waals surface area contributed by atoms with Crippen LogP contribution in [0.5, 0.6) is 0 Å². The molecule has 1 aromatic carbocycles. The van der Waals surface area contributed by atoms with Crippen LogP contribution in [0.25, 0.3) is 0 Å². The van der Waals surface area contributed by atoms with E-state index >= 15 is 0 Å². The molecule has 1 saturated heterocycles. The Balaban J connectivity index is 1.75. The average Bonchev–Trinajstić information content (AvgIpc) is 2.53. The molecule has 1 unspecified atom stereocenters. The summed E-state index contributed by atoms with van der Waals surface area (Å²) in [5.74, 6) is 0.831. The largest absolute Gasteiger partial charge is 0.338 e. The highest BCUT2D eigenvalue weighted by molar-refractivity contribution is 5.83. The van der Waals surface area contributed by atoms with Crippen molar-refractivity contribution in [2.24, 2.45) is 11.7 Å². The van der Waals surface area contributed by atoms with Gasteiger partial charge in [0.05, 0.1) is 0 Å². The topological polar surface area (TPSA) is 46.3 Å². The van der Waals surface area contributed by atoms with E-state index in [1.54, 1.807) is 0 Å². The van der Waals surface area contributed by atoms with E-state index in [4.69, 9.17) is 5.73 Å². The van der Waals surface area contributed by atoms with Crippen molar-refractivity contribution in [2.45, 2.75) is 57.5 Å². The van der Waals surface area contributed by atoms with E-state index in [9.17, 15) is 4.79 Å². The fourth-order valence-corrected chi connectivity index (χ4v) is 3.99. The molecule has 114 valence electrons. The smallest absolute Gasteiger partial charge is 0.244 e. The number of carbonyl (C=O) groups excluding carboxylic acids is 1. The van der Waals surface area contributed by atoms with Crippen LogP contribution >= 0.6 is 0 Å². The van der Waals surface area contributed by atoms with Gasteiger partial charge < -0.3 is 10.6 Å². The number of likely N-dealkylation sites (tertiary alicyclic amines) is 1. The Morgan fingerprint density at radius 2 is 1.81 bits per heavy atom. The zero-order valence-corrected chi connectivity index (χ0v) is 12.9. The minimum absolute atomic E-state index is 0.121. The lowest BCUT2D eigenvalue weighted by atomic mass is 9.78.